The number of fused-ring (bicyclic) bond motifs is 1. The van der Waals surface area contributed by atoms with Crippen molar-refractivity contribution in [2.24, 2.45) is 0 Å². The largest absolute Gasteiger partial charge is 0.478 e. The van der Waals surface area contributed by atoms with Gasteiger partial charge in [-0.05, 0) is 22.9 Å². The maximum atomic E-state index is 11.0. The van der Waals surface area contributed by atoms with Crippen LogP contribution in [0, 0.1) is 0 Å². The second-order valence-corrected chi connectivity index (χ2v) is 3.30. The van der Waals surface area contributed by atoms with E-state index in [0.29, 0.717) is 11.3 Å². The Labute approximate surface area is 87.3 Å². The first-order valence-electron chi connectivity index (χ1n) is 4.66. The van der Waals surface area contributed by atoms with E-state index < -0.39 is 5.97 Å². The molecular weight excluding hydrogens is 190 g/mol. The molecule has 0 fully saturated rings. The van der Waals surface area contributed by atoms with Crippen LogP contribution in [0.1, 0.15) is 10.4 Å². The monoisotopic (exact) mass is 201 g/mol. The first-order chi connectivity index (χ1) is 7.22. The van der Waals surface area contributed by atoms with Crippen molar-refractivity contribution in [3.8, 4) is 0 Å². The van der Waals surface area contributed by atoms with Gasteiger partial charge in [0.15, 0.2) is 0 Å². The van der Waals surface area contributed by atoms with Crippen LogP contribution in [0.25, 0.3) is 10.8 Å². The number of hydrogen-bond acceptors (Lipinski definition) is 2. The first kappa shape index (κ1) is 9.52. The molecule has 3 nitrogen and oxygen atoms in total. The second kappa shape index (κ2) is 3.61. The summed E-state index contributed by atoms with van der Waals surface area (Å²) in [6, 6.07) is 11.2. The molecule has 0 saturated carbocycles. The summed E-state index contributed by atoms with van der Waals surface area (Å²) in [6.45, 7) is 0. The molecule has 0 aliphatic carbocycles. The summed E-state index contributed by atoms with van der Waals surface area (Å²) < 4.78 is 0. The molecule has 0 saturated heterocycles. The third-order valence-electron chi connectivity index (χ3n) is 2.39. The summed E-state index contributed by atoms with van der Waals surface area (Å²) in [5.41, 5.74) is 0.942. The Morgan fingerprint density at radius 2 is 1.80 bits per heavy atom. The molecule has 0 amide bonds. The molecule has 2 aromatic rings. The van der Waals surface area contributed by atoms with Gasteiger partial charge >= 0.3 is 5.97 Å². The van der Waals surface area contributed by atoms with Crippen molar-refractivity contribution in [3.05, 3.63) is 42.0 Å². The van der Waals surface area contributed by atoms with Crippen LogP contribution in [0.5, 0.6) is 0 Å². The van der Waals surface area contributed by atoms with Gasteiger partial charge in [-0.1, -0.05) is 24.3 Å². The average Bonchev–Trinajstić information content (AvgIpc) is 2.27. The minimum atomic E-state index is -0.912. The molecule has 76 valence electrons. The highest BCUT2D eigenvalue weighted by Gasteiger charge is 2.09. The lowest BCUT2D eigenvalue weighted by atomic mass is 10.1. The van der Waals surface area contributed by atoms with Crippen LogP contribution in [0.3, 0.4) is 0 Å². The van der Waals surface area contributed by atoms with E-state index in [4.69, 9.17) is 5.11 Å². The first-order valence-corrected chi connectivity index (χ1v) is 4.66. The van der Waals surface area contributed by atoms with Gasteiger partial charge in [-0.25, -0.2) is 4.79 Å². The van der Waals surface area contributed by atoms with Gasteiger partial charge in [-0.2, -0.15) is 0 Å². The van der Waals surface area contributed by atoms with Crippen LogP contribution >= 0.6 is 0 Å². The highest BCUT2D eigenvalue weighted by Crippen LogP contribution is 2.23. The normalized spacial score (nSPS) is 10.2. The Bertz CT molecular complexity index is 520. The number of carbonyl (C=O) groups is 1. The molecule has 0 aromatic heterocycles. The standard InChI is InChI=1S/C12H11NO2/c1-13-11-7-9-5-3-2-4-8(9)6-10(11)12(14)15/h2-7,13H,1H3,(H,14,15). The highest BCUT2D eigenvalue weighted by atomic mass is 16.4. The molecule has 2 aromatic carbocycles. The molecule has 0 bridgehead atoms. The molecule has 0 unspecified atom stereocenters. The molecule has 0 aliphatic heterocycles. The number of hydrogen-bond donors (Lipinski definition) is 2. The molecule has 3 heteroatoms. The summed E-state index contributed by atoms with van der Waals surface area (Å²) in [5.74, 6) is -0.912. The van der Waals surface area contributed by atoms with E-state index in [-0.39, 0.29) is 0 Å². The summed E-state index contributed by atoms with van der Waals surface area (Å²) in [4.78, 5) is 11.0. The Kier molecular flexibility index (Phi) is 2.29. The Morgan fingerprint density at radius 3 is 2.33 bits per heavy atom. The fourth-order valence-electron chi connectivity index (χ4n) is 1.62. The van der Waals surface area contributed by atoms with Crippen molar-refractivity contribution in [3.63, 3.8) is 0 Å². The molecule has 0 radical (unpaired) electrons. The molecular formula is C12H11NO2. The van der Waals surface area contributed by atoms with Crippen LogP contribution < -0.4 is 5.32 Å². The van der Waals surface area contributed by atoms with Gasteiger partial charge in [0.25, 0.3) is 0 Å². The van der Waals surface area contributed by atoms with Crippen LogP contribution in [-0.4, -0.2) is 18.1 Å². The molecule has 0 spiro atoms. The number of nitrogens with one attached hydrogen (secondary N) is 1. The number of aromatic carboxylic acids is 1. The smallest absolute Gasteiger partial charge is 0.337 e. The maximum absolute atomic E-state index is 11.0. The van der Waals surface area contributed by atoms with E-state index >= 15 is 0 Å². The van der Waals surface area contributed by atoms with Crippen LogP contribution in [0.2, 0.25) is 0 Å². The molecule has 0 atom stereocenters. The van der Waals surface area contributed by atoms with E-state index in [9.17, 15) is 4.79 Å². The minimum absolute atomic E-state index is 0.302. The van der Waals surface area contributed by atoms with Gasteiger partial charge in [0.05, 0.1) is 5.56 Å². The molecule has 0 heterocycles. The summed E-state index contributed by atoms with van der Waals surface area (Å²) in [7, 11) is 1.72. The van der Waals surface area contributed by atoms with Crippen LogP contribution in [-0.2, 0) is 0 Å². The second-order valence-electron chi connectivity index (χ2n) is 3.30. The summed E-state index contributed by atoms with van der Waals surface area (Å²) in [6.07, 6.45) is 0. The van der Waals surface area contributed by atoms with Crippen LogP contribution in [0.15, 0.2) is 36.4 Å². The van der Waals surface area contributed by atoms with Gasteiger partial charge < -0.3 is 10.4 Å². The maximum Gasteiger partial charge on any atom is 0.337 e. The van der Waals surface area contributed by atoms with Crippen molar-refractivity contribution in [1.82, 2.24) is 0 Å². The van der Waals surface area contributed by atoms with Crippen molar-refractivity contribution < 1.29 is 9.90 Å². The lowest BCUT2D eigenvalue weighted by molar-refractivity contribution is 0.0698. The number of anilines is 1. The van der Waals surface area contributed by atoms with Crippen molar-refractivity contribution in [2.75, 3.05) is 12.4 Å². The minimum Gasteiger partial charge on any atom is -0.478 e. The zero-order chi connectivity index (χ0) is 10.8. The van der Waals surface area contributed by atoms with Crippen molar-refractivity contribution >= 4 is 22.4 Å². The fourth-order valence-corrected chi connectivity index (χ4v) is 1.62. The van der Waals surface area contributed by atoms with Gasteiger partial charge in [0.2, 0.25) is 0 Å². The number of carboxylic acids is 1. The number of rotatable bonds is 2. The lowest BCUT2D eigenvalue weighted by Crippen LogP contribution is -2.02. The third-order valence-corrected chi connectivity index (χ3v) is 2.39. The molecule has 2 rings (SSSR count). The predicted octanol–water partition coefficient (Wildman–Crippen LogP) is 2.58. The Hall–Kier alpha value is -2.03. The summed E-state index contributed by atoms with van der Waals surface area (Å²) >= 11 is 0. The Balaban J connectivity index is 2.74. The number of benzene rings is 2. The van der Waals surface area contributed by atoms with E-state index in [2.05, 4.69) is 5.32 Å². The van der Waals surface area contributed by atoms with E-state index in [1.807, 2.05) is 30.3 Å². The Morgan fingerprint density at radius 1 is 1.20 bits per heavy atom. The van der Waals surface area contributed by atoms with Gasteiger partial charge in [-0.3, -0.25) is 0 Å². The molecule has 0 aliphatic rings. The van der Waals surface area contributed by atoms with E-state index in [0.717, 1.165) is 10.8 Å². The molecule has 2 N–H and O–H groups in total. The van der Waals surface area contributed by atoms with Gasteiger partial charge in [-0.15, -0.1) is 0 Å². The topological polar surface area (TPSA) is 49.3 Å². The predicted molar refractivity (Wildman–Crippen MR) is 60.5 cm³/mol. The van der Waals surface area contributed by atoms with Crippen molar-refractivity contribution in [2.45, 2.75) is 0 Å². The zero-order valence-electron chi connectivity index (χ0n) is 8.32. The number of carboxylic acid groups (broad SMARTS) is 1. The zero-order valence-corrected chi connectivity index (χ0v) is 8.32. The third kappa shape index (κ3) is 1.64. The SMILES string of the molecule is CNc1cc2ccccc2cc1C(=O)O. The van der Waals surface area contributed by atoms with Gasteiger partial charge in [0, 0.05) is 12.7 Å². The van der Waals surface area contributed by atoms with E-state index in [1.165, 1.54) is 0 Å². The quantitative estimate of drug-likeness (QED) is 0.785. The average molecular weight is 201 g/mol. The highest BCUT2D eigenvalue weighted by molar-refractivity contribution is 6.00. The van der Waals surface area contributed by atoms with Crippen LogP contribution in [0.4, 0.5) is 5.69 Å². The lowest BCUT2D eigenvalue weighted by Gasteiger charge is -2.07. The summed E-state index contributed by atoms with van der Waals surface area (Å²) in [5, 5.41) is 13.9. The van der Waals surface area contributed by atoms with E-state index in [1.54, 1.807) is 13.1 Å². The van der Waals surface area contributed by atoms with Crippen molar-refractivity contribution in [1.29, 1.82) is 0 Å². The fraction of sp³-hybridized carbons (Fsp3) is 0.0833. The molecule has 15 heavy (non-hydrogen) atoms. The van der Waals surface area contributed by atoms with Gasteiger partial charge in [0.1, 0.15) is 0 Å².